The average Bonchev–Trinajstić information content (AvgIpc) is 2.49. The number of nitriles is 1. The fourth-order valence-electron chi connectivity index (χ4n) is 1.73. The van der Waals surface area contributed by atoms with Crippen molar-refractivity contribution in [2.24, 2.45) is 0 Å². The van der Waals surface area contributed by atoms with Crippen LogP contribution in [0.25, 0.3) is 0 Å². The standard InChI is InChI=1S/C15H14N2O2S2/c16-11-12-5-7-13(8-6-12)21(18,19)10-9-20-15-4-2-1-3-14(15)17/h1-8H,9-10,17H2. The van der Waals surface area contributed by atoms with E-state index >= 15 is 0 Å². The van der Waals surface area contributed by atoms with E-state index in [0.717, 1.165) is 4.90 Å². The second kappa shape index (κ2) is 6.66. The zero-order chi connectivity index (χ0) is 15.3. The Kier molecular flexibility index (Phi) is 4.89. The number of benzene rings is 2. The first-order chi connectivity index (χ1) is 10.0. The van der Waals surface area contributed by atoms with E-state index in [2.05, 4.69) is 0 Å². The molecule has 0 atom stereocenters. The lowest BCUT2D eigenvalue weighted by molar-refractivity contribution is 0.597. The largest absolute Gasteiger partial charge is 0.398 e. The van der Waals surface area contributed by atoms with Crippen LogP contribution in [0, 0.1) is 11.3 Å². The van der Waals surface area contributed by atoms with Gasteiger partial charge in [-0.25, -0.2) is 8.42 Å². The number of rotatable bonds is 5. The Balaban J connectivity index is 2.01. The molecule has 6 heteroatoms. The maximum Gasteiger partial charge on any atom is 0.179 e. The molecule has 2 aromatic carbocycles. The van der Waals surface area contributed by atoms with Crippen molar-refractivity contribution in [3.05, 3.63) is 54.1 Å². The smallest absolute Gasteiger partial charge is 0.179 e. The minimum Gasteiger partial charge on any atom is -0.398 e. The number of hydrogen-bond acceptors (Lipinski definition) is 5. The molecule has 0 unspecified atom stereocenters. The molecule has 0 aliphatic heterocycles. The van der Waals surface area contributed by atoms with Crippen molar-refractivity contribution in [2.45, 2.75) is 9.79 Å². The number of nitrogen functional groups attached to an aromatic ring is 1. The fraction of sp³-hybridized carbons (Fsp3) is 0.133. The van der Waals surface area contributed by atoms with Crippen LogP contribution in [-0.4, -0.2) is 19.9 Å². The molecule has 2 N–H and O–H groups in total. The lowest BCUT2D eigenvalue weighted by Crippen LogP contribution is -2.09. The molecule has 4 nitrogen and oxygen atoms in total. The van der Waals surface area contributed by atoms with Gasteiger partial charge in [0, 0.05) is 16.3 Å². The van der Waals surface area contributed by atoms with Gasteiger partial charge in [-0.3, -0.25) is 0 Å². The van der Waals surface area contributed by atoms with Crippen molar-refractivity contribution < 1.29 is 8.42 Å². The van der Waals surface area contributed by atoms with Crippen LogP contribution in [0.15, 0.2) is 58.3 Å². The van der Waals surface area contributed by atoms with Gasteiger partial charge in [-0.15, -0.1) is 11.8 Å². The maximum absolute atomic E-state index is 12.2. The Morgan fingerprint density at radius 2 is 1.76 bits per heavy atom. The van der Waals surface area contributed by atoms with Crippen LogP contribution in [0.2, 0.25) is 0 Å². The Morgan fingerprint density at radius 3 is 2.38 bits per heavy atom. The van der Waals surface area contributed by atoms with E-state index in [4.69, 9.17) is 11.0 Å². The summed E-state index contributed by atoms with van der Waals surface area (Å²) in [7, 11) is -3.34. The van der Waals surface area contributed by atoms with Crippen LogP contribution < -0.4 is 5.73 Å². The van der Waals surface area contributed by atoms with Gasteiger partial charge in [0.2, 0.25) is 0 Å². The van der Waals surface area contributed by atoms with Crippen LogP contribution in [-0.2, 0) is 9.84 Å². The molecule has 0 heterocycles. The molecular weight excluding hydrogens is 304 g/mol. The molecule has 0 bridgehead atoms. The van der Waals surface area contributed by atoms with Crippen molar-refractivity contribution in [1.29, 1.82) is 5.26 Å². The van der Waals surface area contributed by atoms with Crippen molar-refractivity contribution in [3.63, 3.8) is 0 Å². The van der Waals surface area contributed by atoms with Gasteiger partial charge in [-0.1, -0.05) is 12.1 Å². The third-order valence-corrected chi connectivity index (χ3v) is 5.95. The number of thioether (sulfide) groups is 1. The van der Waals surface area contributed by atoms with E-state index < -0.39 is 9.84 Å². The van der Waals surface area contributed by atoms with Crippen molar-refractivity contribution >= 4 is 27.3 Å². The number of nitrogens with zero attached hydrogens (tertiary/aromatic N) is 1. The van der Waals surface area contributed by atoms with Crippen molar-refractivity contribution in [2.75, 3.05) is 17.2 Å². The number of hydrogen-bond donors (Lipinski definition) is 1. The number of para-hydroxylation sites is 1. The second-order valence-electron chi connectivity index (χ2n) is 4.34. The van der Waals surface area contributed by atoms with Crippen molar-refractivity contribution in [1.82, 2.24) is 0 Å². The zero-order valence-electron chi connectivity index (χ0n) is 11.2. The minimum absolute atomic E-state index is 0.0257. The van der Waals surface area contributed by atoms with E-state index in [9.17, 15) is 8.42 Å². The molecule has 0 saturated heterocycles. The van der Waals surface area contributed by atoms with Crippen LogP contribution in [0.3, 0.4) is 0 Å². The van der Waals surface area contributed by atoms with E-state index in [-0.39, 0.29) is 10.6 Å². The SMILES string of the molecule is N#Cc1ccc(S(=O)(=O)CCSc2ccccc2N)cc1. The lowest BCUT2D eigenvalue weighted by atomic mass is 10.2. The number of sulfone groups is 1. The molecule has 0 aliphatic rings. The lowest BCUT2D eigenvalue weighted by Gasteiger charge is -2.06. The van der Waals surface area contributed by atoms with Gasteiger partial charge in [0.1, 0.15) is 0 Å². The van der Waals surface area contributed by atoms with Gasteiger partial charge >= 0.3 is 0 Å². The third-order valence-electron chi connectivity index (χ3n) is 2.87. The molecule has 108 valence electrons. The van der Waals surface area contributed by atoms with Gasteiger partial charge in [0.05, 0.1) is 22.3 Å². The van der Waals surface area contributed by atoms with E-state index in [0.29, 0.717) is 17.0 Å². The quantitative estimate of drug-likeness (QED) is 0.677. The van der Waals surface area contributed by atoms with Gasteiger partial charge < -0.3 is 5.73 Å². The maximum atomic E-state index is 12.2. The highest BCUT2D eigenvalue weighted by Crippen LogP contribution is 2.25. The van der Waals surface area contributed by atoms with Crippen LogP contribution >= 0.6 is 11.8 Å². The monoisotopic (exact) mass is 318 g/mol. The molecule has 21 heavy (non-hydrogen) atoms. The first-order valence-electron chi connectivity index (χ1n) is 6.23. The van der Waals surface area contributed by atoms with Gasteiger partial charge in [-0.2, -0.15) is 5.26 Å². The first-order valence-corrected chi connectivity index (χ1v) is 8.87. The van der Waals surface area contributed by atoms with E-state index in [1.807, 2.05) is 24.3 Å². The summed E-state index contributed by atoms with van der Waals surface area (Å²) in [6.45, 7) is 0. The topological polar surface area (TPSA) is 84.0 Å². The zero-order valence-corrected chi connectivity index (χ0v) is 12.8. The predicted octanol–water partition coefficient (Wildman–Crippen LogP) is 2.71. The molecule has 0 spiro atoms. The van der Waals surface area contributed by atoms with Gasteiger partial charge in [0.25, 0.3) is 0 Å². The highest BCUT2D eigenvalue weighted by atomic mass is 32.2. The molecule has 0 saturated carbocycles. The average molecular weight is 318 g/mol. The number of anilines is 1. The molecular formula is C15H14N2O2S2. The predicted molar refractivity (Wildman–Crippen MR) is 84.8 cm³/mol. The summed E-state index contributed by atoms with van der Waals surface area (Å²) in [5.41, 5.74) is 6.91. The molecule has 2 aromatic rings. The summed E-state index contributed by atoms with van der Waals surface area (Å²) >= 11 is 1.42. The summed E-state index contributed by atoms with van der Waals surface area (Å²) in [6, 6.07) is 15.3. The first kappa shape index (κ1) is 15.4. The molecule has 0 radical (unpaired) electrons. The van der Waals surface area contributed by atoms with Crippen LogP contribution in [0.4, 0.5) is 5.69 Å². The van der Waals surface area contributed by atoms with Crippen molar-refractivity contribution in [3.8, 4) is 6.07 Å². The summed E-state index contributed by atoms with van der Waals surface area (Å²) in [4.78, 5) is 1.12. The molecule has 0 aliphatic carbocycles. The molecule has 2 rings (SSSR count). The molecule has 0 aromatic heterocycles. The molecule has 0 amide bonds. The summed E-state index contributed by atoms with van der Waals surface area (Å²) in [5, 5.41) is 8.71. The van der Waals surface area contributed by atoms with E-state index in [1.54, 1.807) is 6.07 Å². The Hall–Kier alpha value is -1.97. The van der Waals surface area contributed by atoms with Crippen LogP contribution in [0.1, 0.15) is 5.56 Å². The summed E-state index contributed by atoms with van der Waals surface area (Å²) in [6.07, 6.45) is 0. The second-order valence-corrected chi connectivity index (χ2v) is 7.59. The Bertz CT molecular complexity index is 763. The highest BCUT2D eigenvalue weighted by Gasteiger charge is 2.14. The third kappa shape index (κ3) is 4.00. The van der Waals surface area contributed by atoms with E-state index in [1.165, 1.54) is 36.0 Å². The number of nitrogens with two attached hydrogens (primary N) is 1. The Labute approximate surface area is 128 Å². The molecule has 0 fully saturated rings. The van der Waals surface area contributed by atoms with Gasteiger partial charge in [0.15, 0.2) is 9.84 Å². The van der Waals surface area contributed by atoms with Crippen LogP contribution in [0.5, 0.6) is 0 Å². The Morgan fingerprint density at radius 1 is 1.10 bits per heavy atom. The normalized spacial score (nSPS) is 11.0. The summed E-state index contributed by atoms with van der Waals surface area (Å²) < 4.78 is 24.4. The fourth-order valence-corrected chi connectivity index (χ4v) is 4.35. The summed E-state index contributed by atoms with van der Waals surface area (Å²) in [5.74, 6) is 0.453. The van der Waals surface area contributed by atoms with Gasteiger partial charge in [-0.05, 0) is 36.4 Å². The minimum atomic E-state index is -3.34. The highest BCUT2D eigenvalue weighted by molar-refractivity contribution is 8.00.